The van der Waals surface area contributed by atoms with Gasteiger partial charge in [-0.2, -0.15) is 5.10 Å². The molecule has 2 aromatic carbocycles. The normalized spacial score (nSPS) is 14.8. The zero-order chi connectivity index (χ0) is 29.7. The summed E-state index contributed by atoms with van der Waals surface area (Å²) in [4.78, 5) is 38.6. The summed E-state index contributed by atoms with van der Waals surface area (Å²) in [5.74, 6) is 0.865. The van der Waals surface area contributed by atoms with Gasteiger partial charge in [0.05, 0.1) is 11.4 Å². The number of hydrogen-bond donors (Lipinski definition) is 3. The molecule has 1 aliphatic heterocycles. The van der Waals surface area contributed by atoms with E-state index in [0.29, 0.717) is 30.5 Å². The summed E-state index contributed by atoms with van der Waals surface area (Å²) in [5.41, 5.74) is 4.64. The summed E-state index contributed by atoms with van der Waals surface area (Å²) in [7, 11) is 0. The van der Waals surface area contributed by atoms with Crippen molar-refractivity contribution in [3.63, 3.8) is 0 Å². The number of carbonyl (C=O) groups is 3. The number of likely N-dealkylation sites (tertiary alicyclic amines) is 1. The summed E-state index contributed by atoms with van der Waals surface area (Å²) in [6, 6.07) is 17.0. The average Bonchev–Trinajstić information content (AvgIpc) is 3.34. The number of aromatic nitrogens is 2. The van der Waals surface area contributed by atoms with E-state index in [1.165, 1.54) is 12.5 Å². The minimum Gasteiger partial charge on any atom is -0.345 e. The summed E-state index contributed by atoms with van der Waals surface area (Å²) >= 11 is 0. The second-order valence-corrected chi connectivity index (χ2v) is 12.1. The monoisotopic (exact) mass is 558 g/mol. The molecule has 1 saturated heterocycles. The van der Waals surface area contributed by atoms with E-state index < -0.39 is 6.04 Å². The molecule has 1 unspecified atom stereocenters. The van der Waals surface area contributed by atoms with Gasteiger partial charge in [0.2, 0.25) is 11.8 Å². The molecule has 3 N–H and O–H groups in total. The molecule has 1 aliphatic rings. The van der Waals surface area contributed by atoms with Crippen LogP contribution in [0.5, 0.6) is 0 Å². The van der Waals surface area contributed by atoms with Crippen LogP contribution in [0, 0.1) is 12.8 Å². The number of carbonyl (C=O) groups excluding carboxylic acids is 3. The maximum absolute atomic E-state index is 13.0. The fourth-order valence-electron chi connectivity index (χ4n) is 5.05. The first-order valence-corrected chi connectivity index (χ1v) is 14.3. The minimum absolute atomic E-state index is 0.0242. The molecule has 1 atom stereocenters. The number of hydrogen-bond acceptors (Lipinski definition) is 4. The van der Waals surface area contributed by atoms with Gasteiger partial charge in [-0.3, -0.25) is 14.9 Å². The van der Waals surface area contributed by atoms with Crippen molar-refractivity contribution in [1.82, 2.24) is 20.0 Å². The lowest BCUT2D eigenvalue weighted by Gasteiger charge is -2.33. The number of aryl methyl sites for hydroxylation is 1. The Morgan fingerprint density at radius 1 is 0.976 bits per heavy atom. The third-order valence-electron chi connectivity index (χ3n) is 7.45. The van der Waals surface area contributed by atoms with E-state index in [2.05, 4.69) is 36.7 Å². The zero-order valence-electron chi connectivity index (χ0n) is 25.0. The van der Waals surface area contributed by atoms with Crippen molar-refractivity contribution < 1.29 is 14.4 Å². The van der Waals surface area contributed by atoms with Crippen molar-refractivity contribution in [3.8, 4) is 5.69 Å². The van der Waals surface area contributed by atoms with E-state index in [1.807, 2.05) is 66.4 Å². The number of nitrogens with one attached hydrogen (secondary N) is 3. The van der Waals surface area contributed by atoms with Crippen LogP contribution in [0.3, 0.4) is 0 Å². The number of benzene rings is 2. The van der Waals surface area contributed by atoms with Gasteiger partial charge in [-0.15, -0.1) is 0 Å². The van der Waals surface area contributed by atoms with Crippen LogP contribution in [0.15, 0.2) is 54.6 Å². The summed E-state index contributed by atoms with van der Waals surface area (Å²) < 4.78 is 1.77. The quantitative estimate of drug-likeness (QED) is 0.359. The van der Waals surface area contributed by atoms with Crippen molar-refractivity contribution in [2.75, 3.05) is 23.7 Å². The molecule has 0 radical (unpaired) electrons. The Balaban J connectivity index is 1.33. The molecule has 0 spiro atoms. The van der Waals surface area contributed by atoms with Crippen LogP contribution in [0.25, 0.3) is 5.69 Å². The lowest BCUT2D eigenvalue weighted by Crippen LogP contribution is -2.49. The summed E-state index contributed by atoms with van der Waals surface area (Å²) in [6.45, 7) is 12.9. The SMILES string of the molecule is CC(=O)NC(C)C(=O)N1CCC(Cc2ccc(NC(=O)Nc3cc(C(C)(C)C)nn3-c3ccc(C)cc3)cc2)CC1. The highest BCUT2D eigenvalue weighted by Crippen LogP contribution is 2.27. The van der Waals surface area contributed by atoms with Gasteiger partial charge in [0, 0.05) is 37.2 Å². The zero-order valence-corrected chi connectivity index (χ0v) is 25.0. The number of rotatable bonds is 7. The van der Waals surface area contributed by atoms with Crippen LogP contribution < -0.4 is 16.0 Å². The highest BCUT2D eigenvalue weighted by atomic mass is 16.2. The molecule has 1 aromatic heterocycles. The lowest BCUT2D eigenvalue weighted by atomic mass is 9.90. The maximum Gasteiger partial charge on any atom is 0.324 e. The van der Waals surface area contributed by atoms with E-state index in [-0.39, 0.29) is 23.3 Å². The average molecular weight is 559 g/mol. The smallest absolute Gasteiger partial charge is 0.324 e. The Kier molecular flexibility index (Phi) is 9.15. The van der Waals surface area contributed by atoms with Crippen molar-refractivity contribution in [3.05, 3.63) is 71.4 Å². The van der Waals surface area contributed by atoms with Gasteiger partial charge in [-0.25, -0.2) is 9.48 Å². The molecule has 218 valence electrons. The Morgan fingerprint density at radius 3 is 2.20 bits per heavy atom. The molecule has 0 bridgehead atoms. The van der Waals surface area contributed by atoms with Gasteiger partial charge in [0.15, 0.2) is 0 Å². The minimum atomic E-state index is -0.495. The molecule has 1 fully saturated rings. The fraction of sp³-hybridized carbons (Fsp3) is 0.438. The van der Waals surface area contributed by atoms with E-state index in [0.717, 1.165) is 36.2 Å². The number of anilines is 2. The Morgan fingerprint density at radius 2 is 1.61 bits per heavy atom. The van der Waals surface area contributed by atoms with E-state index in [4.69, 9.17) is 5.10 Å². The van der Waals surface area contributed by atoms with Crippen molar-refractivity contribution in [2.45, 2.75) is 72.3 Å². The van der Waals surface area contributed by atoms with Crippen LogP contribution >= 0.6 is 0 Å². The highest BCUT2D eigenvalue weighted by molar-refractivity contribution is 5.99. The second kappa shape index (κ2) is 12.6. The Bertz CT molecular complexity index is 1360. The second-order valence-electron chi connectivity index (χ2n) is 12.1. The van der Waals surface area contributed by atoms with E-state index in [9.17, 15) is 14.4 Å². The first kappa shape index (κ1) is 29.8. The topological polar surface area (TPSA) is 108 Å². The van der Waals surface area contributed by atoms with Crippen LogP contribution in [0.2, 0.25) is 0 Å². The molecule has 0 aliphatic carbocycles. The van der Waals surface area contributed by atoms with Gasteiger partial charge in [-0.1, -0.05) is 50.6 Å². The van der Waals surface area contributed by atoms with Crippen molar-refractivity contribution >= 4 is 29.4 Å². The molecular formula is C32H42N6O3. The third kappa shape index (κ3) is 7.96. The van der Waals surface area contributed by atoms with Crippen LogP contribution in [0.4, 0.5) is 16.3 Å². The highest BCUT2D eigenvalue weighted by Gasteiger charge is 2.26. The summed E-state index contributed by atoms with van der Waals surface area (Å²) in [6.07, 6.45) is 2.76. The number of piperidine rings is 1. The molecule has 4 rings (SSSR count). The predicted octanol–water partition coefficient (Wildman–Crippen LogP) is 5.43. The van der Waals surface area contributed by atoms with Gasteiger partial charge in [-0.05, 0) is 68.9 Å². The molecule has 2 heterocycles. The van der Waals surface area contributed by atoms with Crippen LogP contribution in [0.1, 0.15) is 64.3 Å². The first-order valence-electron chi connectivity index (χ1n) is 14.3. The molecule has 9 nitrogen and oxygen atoms in total. The van der Waals surface area contributed by atoms with Crippen molar-refractivity contribution in [2.24, 2.45) is 5.92 Å². The van der Waals surface area contributed by atoms with E-state index in [1.54, 1.807) is 11.6 Å². The molecule has 0 saturated carbocycles. The number of urea groups is 1. The summed E-state index contributed by atoms with van der Waals surface area (Å²) in [5, 5.41) is 13.4. The predicted molar refractivity (Wildman–Crippen MR) is 162 cm³/mol. The largest absolute Gasteiger partial charge is 0.345 e. The van der Waals surface area contributed by atoms with Crippen LogP contribution in [-0.2, 0) is 21.4 Å². The van der Waals surface area contributed by atoms with Gasteiger partial charge in [0.25, 0.3) is 0 Å². The van der Waals surface area contributed by atoms with Gasteiger partial charge in [0.1, 0.15) is 11.9 Å². The molecular weight excluding hydrogens is 516 g/mol. The van der Waals surface area contributed by atoms with Crippen LogP contribution in [-0.4, -0.2) is 51.7 Å². The van der Waals surface area contributed by atoms with Crippen molar-refractivity contribution in [1.29, 1.82) is 0 Å². The standard InChI is InChI=1S/C32H42N6O3/c1-21-7-13-27(14-8-21)38-29(20-28(36-38)32(4,5)6)35-31(41)34-26-11-9-24(10-12-26)19-25-15-17-37(18-16-25)30(40)22(2)33-23(3)39/h7-14,20,22,25H,15-19H2,1-6H3,(H,33,39)(H2,34,35,41). The fourth-order valence-corrected chi connectivity index (χ4v) is 5.05. The first-order chi connectivity index (χ1) is 19.4. The maximum atomic E-state index is 13.0. The molecule has 41 heavy (non-hydrogen) atoms. The van der Waals surface area contributed by atoms with Gasteiger partial charge >= 0.3 is 6.03 Å². The Labute approximate surface area is 242 Å². The molecule has 9 heteroatoms. The van der Waals surface area contributed by atoms with Gasteiger partial charge < -0.3 is 15.5 Å². The molecule has 4 amide bonds. The molecule has 3 aromatic rings. The lowest BCUT2D eigenvalue weighted by molar-refractivity contribution is -0.136. The Hall–Kier alpha value is -4.14. The van der Waals surface area contributed by atoms with E-state index >= 15 is 0 Å². The number of amides is 4. The third-order valence-corrected chi connectivity index (χ3v) is 7.45. The number of nitrogens with zero attached hydrogens (tertiary/aromatic N) is 3.